The minimum Gasteiger partial charge on any atom is -0.348 e. The van der Waals surface area contributed by atoms with Crippen molar-refractivity contribution < 1.29 is 4.79 Å². The first-order valence-electron chi connectivity index (χ1n) is 5.35. The molecule has 82 valence electrons. The highest BCUT2D eigenvalue weighted by Gasteiger charge is 2.35. The third kappa shape index (κ3) is 2.12. The van der Waals surface area contributed by atoms with E-state index in [-0.39, 0.29) is 5.78 Å². The molecule has 1 aromatic rings. The van der Waals surface area contributed by atoms with Crippen LogP contribution in [0.1, 0.15) is 24.3 Å². The molecule has 3 heteroatoms. The van der Waals surface area contributed by atoms with E-state index in [1.165, 1.54) is 0 Å². The van der Waals surface area contributed by atoms with Gasteiger partial charge in [0.1, 0.15) is 0 Å². The van der Waals surface area contributed by atoms with Gasteiger partial charge in [0.2, 0.25) is 0 Å². The second kappa shape index (κ2) is 3.49. The lowest BCUT2D eigenvalue weighted by atomic mass is 9.84. The van der Waals surface area contributed by atoms with Crippen molar-refractivity contribution in [3.05, 3.63) is 24.0 Å². The summed E-state index contributed by atoms with van der Waals surface area (Å²) in [7, 11) is 1.91. The number of hydrogen-bond acceptors (Lipinski definition) is 2. The molecule has 1 aliphatic rings. The van der Waals surface area contributed by atoms with E-state index in [1.807, 2.05) is 29.9 Å². The van der Waals surface area contributed by atoms with Crippen molar-refractivity contribution in [2.24, 2.45) is 12.5 Å². The third-order valence-corrected chi connectivity index (χ3v) is 2.90. The molecule has 1 aromatic heterocycles. The molecule has 3 nitrogen and oxygen atoms in total. The van der Waals surface area contributed by atoms with Crippen LogP contribution < -0.4 is 0 Å². The third-order valence-electron chi connectivity index (χ3n) is 2.90. The molecule has 15 heavy (non-hydrogen) atoms. The van der Waals surface area contributed by atoms with Crippen LogP contribution in [0.5, 0.6) is 0 Å². The summed E-state index contributed by atoms with van der Waals surface area (Å²) in [5, 5.41) is 0. The smallest absolute Gasteiger partial charge is 0.193 e. The molecule has 1 fully saturated rings. The maximum Gasteiger partial charge on any atom is 0.193 e. The van der Waals surface area contributed by atoms with Crippen molar-refractivity contribution in [1.82, 2.24) is 9.47 Å². The second-order valence-electron chi connectivity index (χ2n) is 5.24. The van der Waals surface area contributed by atoms with E-state index in [9.17, 15) is 4.79 Å². The molecular weight excluding hydrogens is 188 g/mol. The normalized spacial score (nSPS) is 19.9. The Kier molecular flexibility index (Phi) is 2.43. The first kappa shape index (κ1) is 10.4. The molecule has 0 bridgehead atoms. The van der Waals surface area contributed by atoms with Crippen molar-refractivity contribution in [3.63, 3.8) is 0 Å². The molecule has 2 heterocycles. The zero-order chi connectivity index (χ0) is 11.1. The van der Waals surface area contributed by atoms with Crippen molar-refractivity contribution in [3.8, 4) is 0 Å². The van der Waals surface area contributed by atoms with Crippen LogP contribution in [0.3, 0.4) is 0 Å². The molecular formula is C12H18N2O. The van der Waals surface area contributed by atoms with Gasteiger partial charge in [-0.25, -0.2) is 0 Å². The number of aryl methyl sites for hydroxylation is 1. The summed E-state index contributed by atoms with van der Waals surface area (Å²) >= 11 is 0. The summed E-state index contributed by atoms with van der Waals surface area (Å²) in [6, 6.07) is 3.79. The lowest BCUT2D eigenvalue weighted by Gasteiger charge is -2.45. The zero-order valence-corrected chi connectivity index (χ0v) is 9.66. The summed E-state index contributed by atoms with van der Waals surface area (Å²) in [6.45, 7) is 7.08. The van der Waals surface area contributed by atoms with Crippen LogP contribution in [-0.2, 0) is 7.05 Å². The van der Waals surface area contributed by atoms with Crippen LogP contribution in [0.4, 0.5) is 0 Å². The molecule has 0 aliphatic carbocycles. The second-order valence-corrected chi connectivity index (χ2v) is 5.24. The molecule has 1 saturated heterocycles. The van der Waals surface area contributed by atoms with Gasteiger partial charge >= 0.3 is 0 Å². The van der Waals surface area contributed by atoms with Crippen LogP contribution in [0.15, 0.2) is 18.3 Å². The SMILES string of the molecule is Cn1cccc1C(=O)CN1CC(C)(C)C1. The van der Waals surface area contributed by atoms with Gasteiger partial charge in [-0.3, -0.25) is 9.69 Å². The van der Waals surface area contributed by atoms with Crippen LogP contribution in [-0.4, -0.2) is 34.9 Å². The molecule has 0 aromatic carbocycles. The number of likely N-dealkylation sites (tertiary alicyclic amines) is 1. The van der Waals surface area contributed by atoms with Crippen LogP contribution in [0.2, 0.25) is 0 Å². The van der Waals surface area contributed by atoms with Crippen molar-refractivity contribution in [1.29, 1.82) is 0 Å². The van der Waals surface area contributed by atoms with Gasteiger partial charge in [0.15, 0.2) is 5.78 Å². The minimum absolute atomic E-state index is 0.220. The van der Waals surface area contributed by atoms with Crippen LogP contribution in [0, 0.1) is 5.41 Å². The lowest BCUT2D eigenvalue weighted by Crippen LogP contribution is -2.54. The van der Waals surface area contributed by atoms with Crippen LogP contribution in [0.25, 0.3) is 0 Å². The number of carbonyl (C=O) groups is 1. The Balaban J connectivity index is 1.92. The van der Waals surface area contributed by atoms with E-state index in [4.69, 9.17) is 0 Å². The topological polar surface area (TPSA) is 25.2 Å². The number of nitrogens with zero attached hydrogens (tertiary/aromatic N) is 2. The number of carbonyl (C=O) groups excluding carboxylic acids is 1. The number of aromatic nitrogens is 1. The van der Waals surface area contributed by atoms with Crippen molar-refractivity contribution in [2.75, 3.05) is 19.6 Å². The largest absolute Gasteiger partial charge is 0.348 e. The highest BCUT2D eigenvalue weighted by molar-refractivity contribution is 5.96. The van der Waals surface area contributed by atoms with Crippen molar-refractivity contribution in [2.45, 2.75) is 13.8 Å². The summed E-state index contributed by atoms with van der Waals surface area (Å²) in [5.41, 5.74) is 1.20. The number of rotatable bonds is 3. The van der Waals surface area contributed by atoms with Crippen LogP contribution >= 0.6 is 0 Å². The van der Waals surface area contributed by atoms with E-state index in [2.05, 4.69) is 18.7 Å². The maximum atomic E-state index is 11.9. The van der Waals surface area contributed by atoms with Gasteiger partial charge in [-0.05, 0) is 17.5 Å². The number of hydrogen-bond donors (Lipinski definition) is 0. The Morgan fingerprint density at radius 3 is 2.60 bits per heavy atom. The summed E-state index contributed by atoms with van der Waals surface area (Å²) in [4.78, 5) is 14.1. The highest BCUT2D eigenvalue weighted by Crippen LogP contribution is 2.28. The summed E-state index contributed by atoms with van der Waals surface area (Å²) in [5.74, 6) is 0.220. The Bertz CT molecular complexity index is 371. The van der Waals surface area contributed by atoms with Gasteiger partial charge in [-0.2, -0.15) is 0 Å². The first-order chi connectivity index (χ1) is 6.98. The molecule has 0 unspecified atom stereocenters. The van der Waals surface area contributed by atoms with Gasteiger partial charge in [0.25, 0.3) is 0 Å². The van der Waals surface area contributed by atoms with Gasteiger partial charge in [-0.1, -0.05) is 13.8 Å². The molecule has 0 N–H and O–H groups in total. The predicted octanol–water partition coefficient (Wildman–Crippen LogP) is 1.55. The van der Waals surface area contributed by atoms with E-state index < -0.39 is 0 Å². The van der Waals surface area contributed by atoms with Gasteiger partial charge in [0, 0.05) is 26.3 Å². The molecule has 1 aliphatic heterocycles. The molecule has 2 rings (SSSR count). The summed E-state index contributed by atoms with van der Waals surface area (Å²) in [6.07, 6.45) is 1.91. The standard InChI is InChI=1S/C12H18N2O/c1-12(2)8-14(9-12)7-11(15)10-5-4-6-13(10)3/h4-6H,7-9H2,1-3H3. The molecule has 0 spiro atoms. The maximum absolute atomic E-state index is 11.9. The van der Waals surface area contributed by atoms with Gasteiger partial charge in [-0.15, -0.1) is 0 Å². The van der Waals surface area contributed by atoms with E-state index in [0.717, 1.165) is 18.8 Å². The quantitative estimate of drug-likeness (QED) is 0.701. The molecule has 0 saturated carbocycles. The Morgan fingerprint density at radius 2 is 2.13 bits per heavy atom. The van der Waals surface area contributed by atoms with E-state index >= 15 is 0 Å². The average molecular weight is 206 g/mol. The van der Waals surface area contributed by atoms with E-state index in [1.54, 1.807) is 0 Å². The van der Waals surface area contributed by atoms with E-state index in [0.29, 0.717) is 12.0 Å². The fraction of sp³-hybridized carbons (Fsp3) is 0.583. The number of ketones is 1. The molecule has 0 atom stereocenters. The zero-order valence-electron chi connectivity index (χ0n) is 9.66. The molecule has 0 amide bonds. The fourth-order valence-corrected chi connectivity index (χ4v) is 2.31. The first-order valence-corrected chi connectivity index (χ1v) is 5.35. The predicted molar refractivity (Wildman–Crippen MR) is 60.0 cm³/mol. The van der Waals surface area contributed by atoms with Crippen molar-refractivity contribution >= 4 is 5.78 Å². The Morgan fingerprint density at radius 1 is 1.47 bits per heavy atom. The molecule has 0 radical (unpaired) electrons. The highest BCUT2D eigenvalue weighted by atomic mass is 16.1. The fourth-order valence-electron chi connectivity index (χ4n) is 2.31. The minimum atomic E-state index is 0.220. The average Bonchev–Trinajstić information content (AvgIpc) is 2.47. The van der Waals surface area contributed by atoms with Gasteiger partial charge < -0.3 is 4.57 Å². The van der Waals surface area contributed by atoms with Gasteiger partial charge in [0.05, 0.1) is 12.2 Å². The number of Topliss-reactive ketones (excluding diaryl/α,β-unsaturated/α-hetero) is 1. The monoisotopic (exact) mass is 206 g/mol. The summed E-state index contributed by atoms with van der Waals surface area (Å²) < 4.78 is 1.88. The Labute approximate surface area is 90.7 Å². The Hall–Kier alpha value is -1.09. The lowest BCUT2D eigenvalue weighted by molar-refractivity contribution is 0.0309.